The maximum Gasteiger partial charge on any atom is 0.0303 e. The van der Waals surface area contributed by atoms with Gasteiger partial charge in [0, 0.05) is 6.04 Å². The fourth-order valence-corrected chi connectivity index (χ4v) is 1.65. The molecule has 1 aliphatic rings. The minimum absolute atomic E-state index is 0.657. The van der Waals surface area contributed by atoms with Gasteiger partial charge in [0.1, 0.15) is 0 Å². The van der Waals surface area contributed by atoms with E-state index in [4.69, 9.17) is 0 Å². The third kappa shape index (κ3) is 1.40. The molecule has 0 spiro atoms. The quantitative estimate of drug-likeness (QED) is 0.547. The second-order valence-electron chi connectivity index (χ2n) is 3.29. The molecule has 0 aliphatic carbocycles. The lowest BCUT2D eigenvalue weighted by Gasteiger charge is -2.16. The Kier molecular flexibility index (Phi) is 2.50. The minimum atomic E-state index is 0.657. The first kappa shape index (κ1) is 7.80. The summed E-state index contributed by atoms with van der Waals surface area (Å²) in [7, 11) is 0. The van der Waals surface area contributed by atoms with Gasteiger partial charge in [-0.3, -0.25) is 0 Å². The molecule has 58 valence electrons. The zero-order valence-corrected chi connectivity index (χ0v) is 7.15. The van der Waals surface area contributed by atoms with Crippen LogP contribution in [0.15, 0.2) is 11.6 Å². The Labute approximate surface area is 63.5 Å². The van der Waals surface area contributed by atoms with Crippen LogP contribution in [0.3, 0.4) is 0 Å². The van der Waals surface area contributed by atoms with Gasteiger partial charge in [0.15, 0.2) is 0 Å². The number of allylic oxidation sites excluding steroid dienone is 1. The Morgan fingerprint density at radius 2 is 2.30 bits per heavy atom. The molecule has 0 aromatic rings. The van der Waals surface area contributed by atoms with E-state index in [-0.39, 0.29) is 0 Å². The molecule has 1 heteroatoms. The zero-order valence-electron chi connectivity index (χ0n) is 7.15. The van der Waals surface area contributed by atoms with E-state index in [0.29, 0.717) is 6.04 Å². The molecule has 0 aromatic carbocycles. The van der Waals surface area contributed by atoms with Gasteiger partial charge in [0.05, 0.1) is 0 Å². The molecule has 0 bridgehead atoms. The summed E-state index contributed by atoms with van der Waals surface area (Å²) >= 11 is 0. The van der Waals surface area contributed by atoms with Crippen LogP contribution in [-0.4, -0.2) is 12.6 Å². The van der Waals surface area contributed by atoms with Crippen molar-refractivity contribution in [1.82, 2.24) is 5.32 Å². The average Bonchev–Trinajstić information content (AvgIpc) is 2.33. The summed E-state index contributed by atoms with van der Waals surface area (Å²) < 4.78 is 0. The highest BCUT2D eigenvalue weighted by atomic mass is 14.9. The lowest BCUT2D eigenvalue weighted by molar-refractivity contribution is 0.499. The molecular weight excluding hydrogens is 122 g/mol. The Balaban J connectivity index is 2.59. The average molecular weight is 139 g/mol. The summed E-state index contributed by atoms with van der Waals surface area (Å²) in [5, 5.41) is 3.49. The highest BCUT2D eigenvalue weighted by molar-refractivity contribution is 5.15. The first-order chi connectivity index (χ1) is 4.75. The summed E-state index contributed by atoms with van der Waals surface area (Å²) in [5.41, 5.74) is 1.59. The van der Waals surface area contributed by atoms with Crippen molar-refractivity contribution in [3.63, 3.8) is 0 Å². The molecule has 1 rings (SSSR count). The molecule has 1 nitrogen and oxygen atoms in total. The zero-order chi connectivity index (χ0) is 7.56. The van der Waals surface area contributed by atoms with Gasteiger partial charge in [-0.15, -0.1) is 0 Å². The topological polar surface area (TPSA) is 12.0 Å². The Bertz CT molecular complexity index is 136. The van der Waals surface area contributed by atoms with Crippen molar-refractivity contribution < 1.29 is 0 Å². The van der Waals surface area contributed by atoms with Crippen LogP contribution in [-0.2, 0) is 0 Å². The molecule has 0 amide bonds. The number of hydrogen-bond acceptors (Lipinski definition) is 1. The van der Waals surface area contributed by atoms with Crippen molar-refractivity contribution in [3.8, 4) is 0 Å². The normalized spacial score (nSPS) is 30.4. The molecule has 1 saturated heterocycles. The highest BCUT2D eigenvalue weighted by Gasteiger charge is 2.21. The molecule has 1 heterocycles. The van der Waals surface area contributed by atoms with Crippen molar-refractivity contribution in [1.29, 1.82) is 0 Å². The molecule has 10 heavy (non-hydrogen) atoms. The first-order valence-electron chi connectivity index (χ1n) is 4.14. The summed E-state index contributed by atoms with van der Waals surface area (Å²) in [4.78, 5) is 0. The van der Waals surface area contributed by atoms with Crippen LogP contribution in [0.1, 0.15) is 27.2 Å². The molecular formula is C9H17N. The van der Waals surface area contributed by atoms with E-state index in [9.17, 15) is 0 Å². The molecule has 0 saturated carbocycles. The van der Waals surface area contributed by atoms with E-state index < -0.39 is 0 Å². The smallest absolute Gasteiger partial charge is 0.0303 e. The number of nitrogens with one attached hydrogen (secondary N) is 1. The van der Waals surface area contributed by atoms with Crippen LogP contribution in [0.4, 0.5) is 0 Å². The van der Waals surface area contributed by atoms with Crippen molar-refractivity contribution in [2.75, 3.05) is 6.54 Å². The van der Waals surface area contributed by atoms with Crippen LogP contribution in [0.5, 0.6) is 0 Å². The van der Waals surface area contributed by atoms with Gasteiger partial charge in [0.2, 0.25) is 0 Å². The van der Waals surface area contributed by atoms with Crippen LogP contribution >= 0.6 is 0 Å². The van der Waals surface area contributed by atoms with Crippen LogP contribution in [0, 0.1) is 5.92 Å². The molecule has 1 aliphatic heterocycles. The number of hydrogen-bond donors (Lipinski definition) is 1. The van der Waals surface area contributed by atoms with E-state index in [1.807, 2.05) is 0 Å². The standard InChI is InChI=1S/C9H17N/c1-4-8-5-6-10-9(8)7(2)3/h4,7,9-10H,5-6H2,1-3H3/b8-4+/t9-/m1/s1. The molecule has 1 fully saturated rings. The minimum Gasteiger partial charge on any atom is -0.310 e. The van der Waals surface area contributed by atoms with Crippen molar-refractivity contribution in [2.45, 2.75) is 33.2 Å². The van der Waals surface area contributed by atoms with Crippen LogP contribution in [0.25, 0.3) is 0 Å². The van der Waals surface area contributed by atoms with E-state index in [1.54, 1.807) is 5.57 Å². The lowest BCUT2D eigenvalue weighted by Crippen LogP contribution is -2.27. The Hall–Kier alpha value is -0.300. The fraction of sp³-hybridized carbons (Fsp3) is 0.778. The van der Waals surface area contributed by atoms with E-state index in [2.05, 4.69) is 32.2 Å². The van der Waals surface area contributed by atoms with Gasteiger partial charge in [0.25, 0.3) is 0 Å². The van der Waals surface area contributed by atoms with E-state index in [1.165, 1.54) is 13.0 Å². The maximum atomic E-state index is 3.49. The third-order valence-electron chi connectivity index (χ3n) is 2.21. The second kappa shape index (κ2) is 3.20. The predicted molar refractivity (Wildman–Crippen MR) is 45.0 cm³/mol. The first-order valence-corrected chi connectivity index (χ1v) is 4.14. The van der Waals surface area contributed by atoms with Gasteiger partial charge >= 0.3 is 0 Å². The molecule has 0 unspecified atom stereocenters. The van der Waals surface area contributed by atoms with Crippen LogP contribution in [0.2, 0.25) is 0 Å². The Morgan fingerprint density at radius 1 is 1.60 bits per heavy atom. The largest absolute Gasteiger partial charge is 0.310 e. The highest BCUT2D eigenvalue weighted by Crippen LogP contribution is 2.19. The summed E-state index contributed by atoms with van der Waals surface area (Å²) in [6, 6.07) is 0.657. The van der Waals surface area contributed by atoms with Gasteiger partial charge in [-0.1, -0.05) is 25.5 Å². The summed E-state index contributed by atoms with van der Waals surface area (Å²) in [6.07, 6.45) is 3.50. The van der Waals surface area contributed by atoms with Crippen LogP contribution < -0.4 is 5.32 Å². The fourth-order valence-electron chi connectivity index (χ4n) is 1.65. The predicted octanol–water partition coefficient (Wildman–Crippen LogP) is 1.95. The molecule has 1 atom stereocenters. The van der Waals surface area contributed by atoms with Crippen molar-refractivity contribution >= 4 is 0 Å². The Morgan fingerprint density at radius 3 is 2.70 bits per heavy atom. The van der Waals surface area contributed by atoms with E-state index in [0.717, 1.165) is 5.92 Å². The van der Waals surface area contributed by atoms with Gasteiger partial charge in [-0.2, -0.15) is 0 Å². The molecule has 0 aromatic heterocycles. The maximum absolute atomic E-state index is 3.49. The van der Waals surface area contributed by atoms with Crippen molar-refractivity contribution in [2.24, 2.45) is 5.92 Å². The summed E-state index contributed by atoms with van der Waals surface area (Å²) in [5.74, 6) is 0.744. The van der Waals surface area contributed by atoms with Gasteiger partial charge in [-0.05, 0) is 25.8 Å². The van der Waals surface area contributed by atoms with Gasteiger partial charge in [-0.25, -0.2) is 0 Å². The van der Waals surface area contributed by atoms with E-state index >= 15 is 0 Å². The monoisotopic (exact) mass is 139 g/mol. The molecule has 1 N–H and O–H groups in total. The summed E-state index contributed by atoms with van der Waals surface area (Å²) in [6.45, 7) is 7.85. The SMILES string of the molecule is C/C=C1\CCN[C@@H]1C(C)C. The van der Waals surface area contributed by atoms with Gasteiger partial charge < -0.3 is 5.32 Å². The third-order valence-corrected chi connectivity index (χ3v) is 2.21. The number of rotatable bonds is 1. The molecule has 0 radical (unpaired) electrons. The second-order valence-corrected chi connectivity index (χ2v) is 3.29. The lowest BCUT2D eigenvalue weighted by atomic mass is 9.98. The van der Waals surface area contributed by atoms with Crippen molar-refractivity contribution in [3.05, 3.63) is 11.6 Å².